The second-order valence-corrected chi connectivity index (χ2v) is 7.36. The molecule has 1 unspecified atom stereocenters. The molecule has 1 amide bonds. The molecule has 3 nitrogen and oxygen atoms in total. The van der Waals surface area contributed by atoms with Crippen LogP contribution < -0.4 is 0 Å². The number of benzene rings is 1. The molecule has 0 bridgehead atoms. The highest BCUT2D eigenvalue weighted by Gasteiger charge is 2.31. The zero-order valence-corrected chi connectivity index (χ0v) is 14.7. The van der Waals surface area contributed by atoms with Crippen molar-refractivity contribution >= 4 is 17.2 Å². The van der Waals surface area contributed by atoms with E-state index in [2.05, 4.69) is 47.5 Å². The molecule has 1 aliphatic rings. The van der Waals surface area contributed by atoms with E-state index in [0.717, 1.165) is 43.5 Å². The summed E-state index contributed by atoms with van der Waals surface area (Å²) in [4.78, 5) is 18.7. The van der Waals surface area contributed by atoms with Gasteiger partial charge in [0.1, 0.15) is 0 Å². The van der Waals surface area contributed by atoms with E-state index in [9.17, 15) is 4.79 Å². The molecule has 2 aromatic rings. The van der Waals surface area contributed by atoms with E-state index in [-0.39, 0.29) is 11.9 Å². The van der Waals surface area contributed by atoms with Crippen LogP contribution in [-0.4, -0.2) is 42.9 Å². The number of thiophene rings is 1. The first kappa shape index (κ1) is 16.2. The van der Waals surface area contributed by atoms with Gasteiger partial charge in [0, 0.05) is 23.5 Å². The van der Waals surface area contributed by atoms with Crippen LogP contribution >= 0.6 is 11.3 Å². The molecule has 1 fully saturated rings. The number of carbonyl (C=O) groups is 1. The fraction of sp³-hybridized carbons (Fsp3) is 0.421. The van der Waals surface area contributed by atoms with Crippen molar-refractivity contribution in [2.24, 2.45) is 0 Å². The van der Waals surface area contributed by atoms with E-state index in [1.165, 1.54) is 4.88 Å². The zero-order valence-electron chi connectivity index (χ0n) is 13.9. The Morgan fingerprint density at radius 2 is 2.09 bits per heavy atom. The van der Waals surface area contributed by atoms with Crippen LogP contribution in [0.1, 0.15) is 39.7 Å². The molecule has 4 heteroatoms. The summed E-state index contributed by atoms with van der Waals surface area (Å²) < 4.78 is 0. The molecule has 1 saturated heterocycles. The van der Waals surface area contributed by atoms with Gasteiger partial charge in [-0.1, -0.05) is 24.3 Å². The molecule has 0 aliphatic carbocycles. The van der Waals surface area contributed by atoms with Gasteiger partial charge < -0.3 is 9.80 Å². The Morgan fingerprint density at radius 3 is 2.83 bits per heavy atom. The SMILES string of the molecule is CN(C)CCc1ccccc1C(=O)N1CCCC1c1cccs1. The van der Waals surface area contributed by atoms with E-state index in [0.29, 0.717) is 0 Å². The molecule has 23 heavy (non-hydrogen) atoms. The van der Waals surface area contributed by atoms with Gasteiger partial charge in [0.2, 0.25) is 0 Å². The molecule has 1 aromatic heterocycles. The average Bonchev–Trinajstić information content (AvgIpc) is 3.22. The summed E-state index contributed by atoms with van der Waals surface area (Å²) in [6, 6.07) is 12.6. The lowest BCUT2D eigenvalue weighted by Gasteiger charge is -2.25. The third-order valence-corrected chi connectivity index (χ3v) is 5.43. The minimum Gasteiger partial charge on any atom is -0.331 e. The van der Waals surface area contributed by atoms with Gasteiger partial charge in [-0.2, -0.15) is 0 Å². The lowest BCUT2D eigenvalue weighted by molar-refractivity contribution is 0.0736. The number of likely N-dealkylation sites (tertiary alicyclic amines) is 1. The summed E-state index contributed by atoms with van der Waals surface area (Å²) in [5, 5.41) is 2.10. The maximum absolute atomic E-state index is 13.1. The third kappa shape index (κ3) is 3.65. The molecular weight excluding hydrogens is 304 g/mol. The van der Waals surface area contributed by atoms with Gasteiger partial charge in [-0.05, 0) is 56.4 Å². The topological polar surface area (TPSA) is 23.6 Å². The molecule has 1 aliphatic heterocycles. The normalized spacial score (nSPS) is 17.9. The predicted octanol–water partition coefficient (Wildman–Crippen LogP) is 3.83. The summed E-state index contributed by atoms with van der Waals surface area (Å²) in [6.45, 7) is 1.82. The Morgan fingerprint density at radius 1 is 1.26 bits per heavy atom. The fourth-order valence-electron chi connectivity index (χ4n) is 3.23. The number of carbonyl (C=O) groups excluding carboxylic acids is 1. The van der Waals surface area contributed by atoms with Crippen molar-refractivity contribution in [3.8, 4) is 0 Å². The fourth-order valence-corrected chi connectivity index (χ4v) is 4.11. The second kappa shape index (κ2) is 7.28. The Balaban J connectivity index is 1.82. The summed E-state index contributed by atoms with van der Waals surface area (Å²) in [7, 11) is 4.13. The number of nitrogens with zero attached hydrogens (tertiary/aromatic N) is 2. The number of likely N-dealkylation sites (N-methyl/N-ethyl adjacent to an activating group) is 1. The second-order valence-electron chi connectivity index (χ2n) is 6.38. The quantitative estimate of drug-likeness (QED) is 0.833. The largest absolute Gasteiger partial charge is 0.331 e. The molecular formula is C19H24N2OS. The Kier molecular flexibility index (Phi) is 5.13. The van der Waals surface area contributed by atoms with E-state index in [1.807, 2.05) is 18.2 Å². The van der Waals surface area contributed by atoms with Crippen molar-refractivity contribution in [2.75, 3.05) is 27.2 Å². The van der Waals surface area contributed by atoms with Gasteiger partial charge >= 0.3 is 0 Å². The monoisotopic (exact) mass is 328 g/mol. The first-order valence-corrected chi connectivity index (χ1v) is 9.12. The Hall–Kier alpha value is -1.65. The summed E-state index contributed by atoms with van der Waals surface area (Å²) in [5.74, 6) is 0.190. The van der Waals surface area contributed by atoms with Crippen molar-refractivity contribution in [1.29, 1.82) is 0 Å². The summed E-state index contributed by atoms with van der Waals surface area (Å²) in [5.41, 5.74) is 2.03. The van der Waals surface area contributed by atoms with Gasteiger partial charge in [-0.25, -0.2) is 0 Å². The van der Waals surface area contributed by atoms with Crippen molar-refractivity contribution in [3.05, 3.63) is 57.8 Å². The minimum atomic E-state index is 0.190. The molecule has 0 spiro atoms. The zero-order chi connectivity index (χ0) is 16.2. The maximum atomic E-state index is 13.1. The van der Waals surface area contributed by atoms with Gasteiger partial charge in [-0.3, -0.25) is 4.79 Å². The molecule has 0 radical (unpaired) electrons. The molecule has 0 N–H and O–H groups in total. The highest BCUT2D eigenvalue weighted by Crippen LogP contribution is 2.35. The van der Waals surface area contributed by atoms with Crippen LogP contribution in [0.2, 0.25) is 0 Å². The van der Waals surface area contributed by atoms with Crippen molar-refractivity contribution in [3.63, 3.8) is 0 Å². The standard InChI is InChI=1S/C19H24N2OS/c1-20(2)13-11-15-7-3-4-8-16(15)19(22)21-12-5-9-17(21)18-10-6-14-23-18/h3-4,6-8,10,14,17H,5,9,11-13H2,1-2H3. The maximum Gasteiger partial charge on any atom is 0.254 e. The van der Waals surface area contributed by atoms with E-state index in [1.54, 1.807) is 11.3 Å². The van der Waals surface area contributed by atoms with Gasteiger partial charge in [0.05, 0.1) is 6.04 Å². The highest BCUT2D eigenvalue weighted by atomic mass is 32.1. The minimum absolute atomic E-state index is 0.190. The lowest BCUT2D eigenvalue weighted by atomic mass is 10.0. The highest BCUT2D eigenvalue weighted by molar-refractivity contribution is 7.10. The summed E-state index contributed by atoms with van der Waals surface area (Å²) >= 11 is 1.75. The van der Waals surface area contributed by atoms with E-state index in [4.69, 9.17) is 0 Å². The third-order valence-electron chi connectivity index (χ3n) is 4.46. The van der Waals surface area contributed by atoms with E-state index < -0.39 is 0 Å². The average molecular weight is 328 g/mol. The van der Waals surface area contributed by atoms with Crippen LogP contribution in [-0.2, 0) is 6.42 Å². The van der Waals surface area contributed by atoms with Crippen molar-refractivity contribution < 1.29 is 4.79 Å². The first-order chi connectivity index (χ1) is 11.2. The van der Waals surface area contributed by atoms with Crippen molar-refractivity contribution in [2.45, 2.75) is 25.3 Å². The first-order valence-electron chi connectivity index (χ1n) is 8.24. The summed E-state index contributed by atoms with van der Waals surface area (Å²) in [6.07, 6.45) is 3.08. The number of amides is 1. The van der Waals surface area contributed by atoms with Crippen LogP contribution in [0.5, 0.6) is 0 Å². The van der Waals surface area contributed by atoms with Gasteiger partial charge in [-0.15, -0.1) is 11.3 Å². The van der Waals surface area contributed by atoms with Crippen LogP contribution in [0.4, 0.5) is 0 Å². The van der Waals surface area contributed by atoms with Crippen LogP contribution in [0.15, 0.2) is 41.8 Å². The molecule has 2 heterocycles. The smallest absolute Gasteiger partial charge is 0.254 e. The Labute approximate surface area is 142 Å². The molecule has 1 atom stereocenters. The predicted molar refractivity (Wildman–Crippen MR) is 96.0 cm³/mol. The molecule has 0 saturated carbocycles. The number of hydrogen-bond acceptors (Lipinski definition) is 3. The molecule has 3 rings (SSSR count). The van der Waals surface area contributed by atoms with Gasteiger partial charge in [0.25, 0.3) is 5.91 Å². The van der Waals surface area contributed by atoms with Gasteiger partial charge in [0.15, 0.2) is 0 Å². The lowest BCUT2D eigenvalue weighted by Crippen LogP contribution is -2.31. The molecule has 122 valence electrons. The number of hydrogen-bond donors (Lipinski definition) is 0. The van der Waals surface area contributed by atoms with Crippen LogP contribution in [0.3, 0.4) is 0 Å². The van der Waals surface area contributed by atoms with E-state index >= 15 is 0 Å². The van der Waals surface area contributed by atoms with Crippen LogP contribution in [0, 0.1) is 0 Å². The van der Waals surface area contributed by atoms with Crippen LogP contribution in [0.25, 0.3) is 0 Å². The number of rotatable bonds is 5. The molecule has 1 aromatic carbocycles. The Bertz CT molecular complexity index is 651. The van der Waals surface area contributed by atoms with Crippen molar-refractivity contribution in [1.82, 2.24) is 9.80 Å².